The molecule has 0 radical (unpaired) electrons. The molecule has 9 nitrogen and oxygen atoms in total. The Kier molecular flexibility index (Phi) is 6.30. The lowest BCUT2D eigenvalue weighted by Crippen LogP contribution is -2.40. The molecule has 2 aromatic rings. The van der Waals surface area contributed by atoms with Gasteiger partial charge in [-0.15, -0.1) is 0 Å². The zero-order chi connectivity index (χ0) is 21.3. The Hall–Kier alpha value is -2.36. The fourth-order valence-corrected chi connectivity index (χ4v) is 3.46. The first-order valence-corrected chi connectivity index (χ1v) is 9.37. The summed E-state index contributed by atoms with van der Waals surface area (Å²) >= 11 is 12.2. The van der Waals surface area contributed by atoms with E-state index in [0.29, 0.717) is 21.1 Å². The Morgan fingerprint density at radius 1 is 1.03 bits per heavy atom. The SMILES string of the molecule is CC(=O)OC[C@H]1O[C@@H](n2cnc3cc(Cl)c(Cl)cc32)C(OC(C)=O)C1OC(C)=O. The lowest BCUT2D eigenvalue weighted by atomic mass is 10.1. The monoisotopic (exact) mass is 444 g/mol. The van der Waals surface area contributed by atoms with Crippen LogP contribution in [-0.2, 0) is 33.3 Å². The van der Waals surface area contributed by atoms with E-state index in [1.54, 1.807) is 16.7 Å². The van der Waals surface area contributed by atoms with Gasteiger partial charge in [0, 0.05) is 20.8 Å². The summed E-state index contributed by atoms with van der Waals surface area (Å²) in [4.78, 5) is 38.8. The Labute approximate surface area is 175 Å². The van der Waals surface area contributed by atoms with E-state index < -0.39 is 42.4 Å². The van der Waals surface area contributed by atoms with Crippen LogP contribution in [0.15, 0.2) is 18.5 Å². The molecule has 2 unspecified atom stereocenters. The van der Waals surface area contributed by atoms with E-state index in [9.17, 15) is 14.4 Å². The topological polar surface area (TPSA) is 106 Å². The van der Waals surface area contributed by atoms with Crippen molar-refractivity contribution in [2.45, 2.75) is 45.3 Å². The number of hydrogen-bond donors (Lipinski definition) is 0. The van der Waals surface area contributed by atoms with E-state index in [4.69, 9.17) is 42.1 Å². The highest BCUT2D eigenvalue weighted by Crippen LogP contribution is 2.37. The van der Waals surface area contributed by atoms with E-state index in [0.717, 1.165) is 0 Å². The minimum absolute atomic E-state index is 0.194. The standard InChI is InChI=1S/C18H18Cl2N2O7/c1-8(23)26-6-15-16(27-9(2)24)17(28-10(3)25)18(29-15)22-7-21-13-4-11(19)12(20)5-14(13)22/h4-5,7,15-18H,6H2,1-3H3/t15-,16?,17?,18-/m1/s1. The molecule has 1 aliphatic heterocycles. The molecule has 0 aliphatic carbocycles. The summed E-state index contributed by atoms with van der Waals surface area (Å²) in [6.45, 7) is 3.49. The molecule has 3 rings (SSSR count). The fourth-order valence-electron chi connectivity index (χ4n) is 3.14. The third-order valence-corrected chi connectivity index (χ3v) is 4.95. The number of esters is 3. The normalized spacial score (nSPS) is 23.8. The van der Waals surface area contributed by atoms with Gasteiger partial charge >= 0.3 is 17.9 Å². The van der Waals surface area contributed by atoms with Crippen LogP contribution in [0.4, 0.5) is 0 Å². The van der Waals surface area contributed by atoms with E-state index in [2.05, 4.69) is 4.98 Å². The Morgan fingerprint density at radius 3 is 2.28 bits per heavy atom. The summed E-state index contributed by atoms with van der Waals surface area (Å²) in [5.74, 6) is -1.73. The predicted molar refractivity (Wildman–Crippen MR) is 101 cm³/mol. The van der Waals surface area contributed by atoms with Gasteiger partial charge in [-0.05, 0) is 12.1 Å². The first kappa shape index (κ1) is 21.4. The van der Waals surface area contributed by atoms with Crippen LogP contribution in [0.25, 0.3) is 11.0 Å². The zero-order valence-corrected chi connectivity index (χ0v) is 17.3. The van der Waals surface area contributed by atoms with Crippen LogP contribution in [0.1, 0.15) is 27.0 Å². The van der Waals surface area contributed by atoms with Crippen molar-refractivity contribution >= 4 is 52.1 Å². The number of benzene rings is 1. The molecule has 0 amide bonds. The maximum atomic E-state index is 11.7. The molecule has 0 bridgehead atoms. The van der Waals surface area contributed by atoms with Crippen LogP contribution in [0.2, 0.25) is 10.0 Å². The molecule has 1 saturated heterocycles. The van der Waals surface area contributed by atoms with Crippen molar-refractivity contribution in [1.82, 2.24) is 9.55 Å². The molecular formula is C18H18Cl2N2O7. The van der Waals surface area contributed by atoms with Gasteiger partial charge in [0.25, 0.3) is 0 Å². The molecular weight excluding hydrogens is 427 g/mol. The van der Waals surface area contributed by atoms with E-state index in [1.807, 2.05) is 0 Å². The van der Waals surface area contributed by atoms with Crippen molar-refractivity contribution in [2.75, 3.05) is 6.61 Å². The third kappa shape index (κ3) is 4.63. The second-order valence-corrected chi connectivity index (χ2v) is 7.24. The fraction of sp³-hybridized carbons (Fsp3) is 0.444. The number of hydrogen-bond acceptors (Lipinski definition) is 8. The molecule has 0 saturated carbocycles. The van der Waals surface area contributed by atoms with Crippen molar-refractivity contribution in [3.05, 3.63) is 28.5 Å². The molecule has 4 atom stereocenters. The summed E-state index contributed by atoms with van der Waals surface area (Å²) in [6.07, 6.45) is -2.31. The van der Waals surface area contributed by atoms with Gasteiger partial charge in [-0.3, -0.25) is 14.4 Å². The first-order chi connectivity index (χ1) is 13.7. The van der Waals surface area contributed by atoms with E-state index in [1.165, 1.54) is 27.1 Å². The zero-order valence-electron chi connectivity index (χ0n) is 15.8. The van der Waals surface area contributed by atoms with Gasteiger partial charge in [0.1, 0.15) is 12.7 Å². The molecule has 2 heterocycles. The van der Waals surface area contributed by atoms with Crippen LogP contribution in [-0.4, -0.2) is 52.4 Å². The van der Waals surface area contributed by atoms with Crippen LogP contribution in [0, 0.1) is 0 Å². The number of ether oxygens (including phenoxy) is 4. The van der Waals surface area contributed by atoms with E-state index in [-0.39, 0.29) is 6.61 Å². The van der Waals surface area contributed by atoms with Gasteiger partial charge in [0.15, 0.2) is 18.4 Å². The van der Waals surface area contributed by atoms with Crippen molar-refractivity contribution < 1.29 is 33.3 Å². The van der Waals surface area contributed by atoms with Crippen LogP contribution >= 0.6 is 23.2 Å². The number of imidazole rings is 1. The van der Waals surface area contributed by atoms with Crippen molar-refractivity contribution in [3.63, 3.8) is 0 Å². The molecule has 0 spiro atoms. The Balaban J connectivity index is 2.03. The second kappa shape index (κ2) is 8.56. The first-order valence-electron chi connectivity index (χ1n) is 8.62. The molecule has 11 heteroatoms. The van der Waals surface area contributed by atoms with Crippen molar-refractivity contribution in [3.8, 4) is 0 Å². The van der Waals surface area contributed by atoms with Crippen LogP contribution < -0.4 is 0 Å². The molecule has 1 aliphatic rings. The van der Waals surface area contributed by atoms with Gasteiger partial charge in [0.05, 0.1) is 27.4 Å². The number of aromatic nitrogens is 2. The highest BCUT2D eigenvalue weighted by Gasteiger charge is 2.50. The summed E-state index contributed by atoms with van der Waals surface area (Å²) in [5, 5.41) is 0.634. The average Bonchev–Trinajstić information content (AvgIpc) is 3.14. The minimum Gasteiger partial charge on any atom is -0.463 e. The Bertz CT molecular complexity index is 961. The van der Waals surface area contributed by atoms with Gasteiger partial charge < -0.3 is 23.5 Å². The minimum atomic E-state index is -1.01. The number of fused-ring (bicyclic) bond motifs is 1. The summed E-state index contributed by atoms with van der Waals surface area (Å²) in [5.41, 5.74) is 1.10. The number of nitrogens with zero attached hydrogens (tertiary/aromatic N) is 2. The number of carbonyl (C=O) groups excluding carboxylic acids is 3. The quantitative estimate of drug-likeness (QED) is 0.511. The molecule has 1 aromatic heterocycles. The number of halogens is 2. The molecule has 0 N–H and O–H groups in total. The van der Waals surface area contributed by atoms with Crippen LogP contribution in [0.5, 0.6) is 0 Å². The van der Waals surface area contributed by atoms with Gasteiger partial charge in [0.2, 0.25) is 0 Å². The van der Waals surface area contributed by atoms with Crippen molar-refractivity contribution in [2.24, 2.45) is 0 Å². The van der Waals surface area contributed by atoms with E-state index >= 15 is 0 Å². The summed E-state index contributed by atoms with van der Waals surface area (Å²) < 4.78 is 23.3. The summed E-state index contributed by atoms with van der Waals surface area (Å²) in [6, 6.07) is 3.19. The van der Waals surface area contributed by atoms with Gasteiger partial charge in [-0.2, -0.15) is 0 Å². The molecule has 1 aromatic carbocycles. The maximum absolute atomic E-state index is 11.7. The Morgan fingerprint density at radius 2 is 1.66 bits per heavy atom. The lowest BCUT2D eigenvalue weighted by Gasteiger charge is -2.24. The predicted octanol–water partition coefficient (Wildman–Crippen LogP) is 2.67. The lowest BCUT2D eigenvalue weighted by molar-refractivity contribution is -0.166. The maximum Gasteiger partial charge on any atom is 0.303 e. The third-order valence-electron chi connectivity index (χ3n) is 4.23. The summed E-state index contributed by atoms with van der Waals surface area (Å²) in [7, 11) is 0. The van der Waals surface area contributed by atoms with Gasteiger partial charge in [-0.25, -0.2) is 4.98 Å². The highest BCUT2D eigenvalue weighted by atomic mass is 35.5. The number of carbonyl (C=O) groups is 3. The molecule has 1 fully saturated rings. The highest BCUT2D eigenvalue weighted by molar-refractivity contribution is 6.42. The second-order valence-electron chi connectivity index (χ2n) is 6.42. The number of rotatable bonds is 5. The van der Waals surface area contributed by atoms with Crippen molar-refractivity contribution in [1.29, 1.82) is 0 Å². The molecule has 156 valence electrons. The van der Waals surface area contributed by atoms with Gasteiger partial charge in [-0.1, -0.05) is 23.2 Å². The molecule has 29 heavy (non-hydrogen) atoms. The average molecular weight is 445 g/mol. The van der Waals surface area contributed by atoms with Crippen LogP contribution in [0.3, 0.4) is 0 Å². The smallest absolute Gasteiger partial charge is 0.303 e. The largest absolute Gasteiger partial charge is 0.463 e.